The maximum absolute atomic E-state index is 14.2. The van der Waals surface area contributed by atoms with E-state index >= 15 is 0 Å². The van der Waals surface area contributed by atoms with E-state index in [0.717, 1.165) is 17.8 Å². The van der Waals surface area contributed by atoms with Crippen LogP contribution in [0.15, 0.2) is 18.2 Å². The standard InChI is InChI=1S/C16H19FN2O2S/c1-18-6-8-19(9-7-18)16(20)15-11(10-21-2)14-12(17)4-3-5-13(14)22-15/h3-5H,6-10H2,1-2H3. The number of hydrogen-bond acceptors (Lipinski definition) is 4. The number of carbonyl (C=O) groups is 1. The zero-order chi connectivity index (χ0) is 15.7. The summed E-state index contributed by atoms with van der Waals surface area (Å²) in [6.45, 7) is 3.39. The van der Waals surface area contributed by atoms with Gasteiger partial charge in [0.2, 0.25) is 0 Å². The van der Waals surface area contributed by atoms with Crippen molar-refractivity contribution in [1.29, 1.82) is 0 Å². The molecule has 1 amide bonds. The summed E-state index contributed by atoms with van der Waals surface area (Å²) in [5.41, 5.74) is 0.671. The van der Waals surface area contributed by atoms with E-state index in [1.54, 1.807) is 13.2 Å². The number of halogens is 1. The van der Waals surface area contributed by atoms with Crippen LogP contribution in [-0.2, 0) is 11.3 Å². The SMILES string of the molecule is COCc1c(C(=O)N2CCN(C)CC2)sc2cccc(F)c12. The lowest BCUT2D eigenvalue weighted by molar-refractivity contribution is 0.0665. The summed E-state index contributed by atoms with van der Waals surface area (Å²) in [7, 11) is 3.61. The van der Waals surface area contributed by atoms with Gasteiger partial charge in [0.25, 0.3) is 5.91 Å². The second-order valence-corrected chi connectivity index (χ2v) is 6.60. The fourth-order valence-electron chi connectivity index (χ4n) is 2.78. The molecular formula is C16H19FN2O2S. The molecule has 0 radical (unpaired) electrons. The van der Waals surface area contributed by atoms with Crippen molar-refractivity contribution in [3.05, 3.63) is 34.5 Å². The number of nitrogens with zero attached hydrogens (tertiary/aromatic N) is 2. The van der Waals surface area contributed by atoms with Crippen molar-refractivity contribution in [2.24, 2.45) is 0 Å². The third-order valence-corrected chi connectivity index (χ3v) is 5.22. The normalized spacial score (nSPS) is 16.4. The van der Waals surface area contributed by atoms with Gasteiger partial charge in [0.1, 0.15) is 5.82 Å². The molecule has 0 saturated carbocycles. The molecule has 0 N–H and O–H groups in total. The van der Waals surface area contributed by atoms with Crippen LogP contribution in [0.3, 0.4) is 0 Å². The Bertz CT molecular complexity index is 693. The summed E-state index contributed by atoms with van der Waals surface area (Å²) in [5, 5.41) is 0.520. The Morgan fingerprint density at radius 1 is 1.32 bits per heavy atom. The summed E-state index contributed by atoms with van der Waals surface area (Å²) in [5.74, 6) is -0.307. The van der Waals surface area contributed by atoms with Gasteiger partial charge < -0.3 is 14.5 Å². The van der Waals surface area contributed by atoms with E-state index in [1.165, 1.54) is 17.4 Å². The molecule has 22 heavy (non-hydrogen) atoms. The highest BCUT2D eigenvalue weighted by molar-refractivity contribution is 7.21. The average molecular weight is 322 g/mol. The highest BCUT2D eigenvalue weighted by Gasteiger charge is 2.26. The fraction of sp³-hybridized carbons (Fsp3) is 0.438. The summed E-state index contributed by atoms with van der Waals surface area (Å²) in [4.78, 5) is 17.5. The first-order valence-electron chi connectivity index (χ1n) is 7.28. The van der Waals surface area contributed by atoms with Gasteiger partial charge >= 0.3 is 0 Å². The molecule has 1 aromatic heterocycles. The fourth-order valence-corrected chi connectivity index (χ4v) is 3.97. The van der Waals surface area contributed by atoms with Crippen LogP contribution in [0.4, 0.5) is 4.39 Å². The molecule has 118 valence electrons. The Labute approximate surface area is 133 Å². The topological polar surface area (TPSA) is 32.8 Å². The van der Waals surface area contributed by atoms with Crippen LogP contribution in [0.5, 0.6) is 0 Å². The van der Waals surface area contributed by atoms with E-state index in [0.29, 0.717) is 28.9 Å². The molecule has 6 heteroatoms. The monoisotopic (exact) mass is 322 g/mol. The Morgan fingerprint density at radius 3 is 2.73 bits per heavy atom. The van der Waals surface area contributed by atoms with Gasteiger partial charge in [0.15, 0.2) is 0 Å². The van der Waals surface area contributed by atoms with Gasteiger partial charge in [0.05, 0.1) is 11.5 Å². The third-order valence-electron chi connectivity index (χ3n) is 4.04. The summed E-state index contributed by atoms with van der Waals surface area (Å²) < 4.78 is 20.2. The second-order valence-electron chi connectivity index (χ2n) is 5.55. The van der Waals surface area contributed by atoms with Crippen LogP contribution in [0, 0.1) is 5.82 Å². The van der Waals surface area contributed by atoms with Crippen molar-refractivity contribution in [3.63, 3.8) is 0 Å². The molecule has 1 aliphatic rings. The first-order chi connectivity index (χ1) is 10.6. The molecule has 0 aliphatic carbocycles. The van der Waals surface area contributed by atoms with Gasteiger partial charge in [0, 0.05) is 48.9 Å². The first kappa shape index (κ1) is 15.4. The average Bonchev–Trinajstić information content (AvgIpc) is 2.88. The number of ether oxygens (including phenoxy) is 1. The van der Waals surface area contributed by atoms with Crippen molar-refractivity contribution in [2.45, 2.75) is 6.61 Å². The number of fused-ring (bicyclic) bond motifs is 1. The number of hydrogen-bond donors (Lipinski definition) is 0. The number of piperazine rings is 1. The summed E-state index contributed by atoms with van der Waals surface area (Å²) >= 11 is 1.36. The number of carbonyl (C=O) groups excluding carboxylic acids is 1. The maximum atomic E-state index is 14.2. The summed E-state index contributed by atoms with van der Waals surface area (Å²) in [6, 6.07) is 4.95. The number of thiophene rings is 1. The molecule has 2 aromatic rings. The van der Waals surface area contributed by atoms with E-state index in [1.807, 2.05) is 18.0 Å². The minimum atomic E-state index is -0.293. The van der Waals surface area contributed by atoms with Crippen molar-refractivity contribution in [2.75, 3.05) is 40.3 Å². The molecule has 4 nitrogen and oxygen atoms in total. The predicted molar refractivity (Wildman–Crippen MR) is 85.9 cm³/mol. The smallest absolute Gasteiger partial charge is 0.264 e. The quantitative estimate of drug-likeness (QED) is 0.871. The molecule has 0 unspecified atom stereocenters. The number of likely N-dealkylation sites (N-methyl/N-ethyl adjacent to an activating group) is 1. The van der Waals surface area contributed by atoms with E-state index in [9.17, 15) is 9.18 Å². The van der Waals surface area contributed by atoms with Gasteiger partial charge in [-0.15, -0.1) is 11.3 Å². The maximum Gasteiger partial charge on any atom is 0.264 e. The molecule has 0 bridgehead atoms. The molecule has 0 atom stereocenters. The zero-order valence-corrected chi connectivity index (χ0v) is 13.6. The number of amides is 1. The second kappa shape index (κ2) is 6.32. The lowest BCUT2D eigenvalue weighted by Gasteiger charge is -2.32. The lowest BCUT2D eigenvalue weighted by atomic mass is 10.1. The minimum Gasteiger partial charge on any atom is -0.380 e. The Morgan fingerprint density at radius 2 is 2.05 bits per heavy atom. The number of methoxy groups -OCH3 is 1. The van der Waals surface area contributed by atoms with Crippen LogP contribution in [-0.4, -0.2) is 56.0 Å². The predicted octanol–water partition coefficient (Wildman–Crippen LogP) is 2.57. The van der Waals surface area contributed by atoms with E-state index < -0.39 is 0 Å². The van der Waals surface area contributed by atoms with Gasteiger partial charge in [-0.2, -0.15) is 0 Å². The highest BCUT2D eigenvalue weighted by Crippen LogP contribution is 2.34. The van der Waals surface area contributed by atoms with E-state index in [-0.39, 0.29) is 18.3 Å². The Kier molecular flexibility index (Phi) is 4.42. The molecule has 1 fully saturated rings. The molecule has 0 spiro atoms. The molecule has 3 rings (SSSR count). The van der Waals surface area contributed by atoms with Crippen LogP contribution < -0.4 is 0 Å². The van der Waals surface area contributed by atoms with Gasteiger partial charge in [-0.3, -0.25) is 4.79 Å². The van der Waals surface area contributed by atoms with Gasteiger partial charge in [-0.25, -0.2) is 4.39 Å². The van der Waals surface area contributed by atoms with Crippen molar-refractivity contribution in [3.8, 4) is 0 Å². The summed E-state index contributed by atoms with van der Waals surface area (Å²) in [6.07, 6.45) is 0. The Balaban J connectivity index is 2.00. The van der Waals surface area contributed by atoms with Crippen molar-refractivity contribution >= 4 is 27.3 Å². The molecule has 1 aliphatic heterocycles. The van der Waals surface area contributed by atoms with Crippen LogP contribution in [0.2, 0.25) is 0 Å². The lowest BCUT2D eigenvalue weighted by Crippen LogP contribution is -2.47. The molecular weight excluding hydrogens is 303 g/mol. The van der Waals surface area contributed by atoms with Crippen LogP contribution in [0.1, 0.15) is 15.2 Å². The van der Waals surface area contributed by atoms with Gasteiger partial charge in [-0.05, 0) is 19.2 Å². The highest BCUT2D eigenvalue weighted by atomic mass is 32.1. The van der Waals surface area contributed by atoms with Crippen molar-refractivity contribution in [1.82, 2.24) is 9.80 Å². The largest absolute Gasteiger partial charge is 0.380 e. The molecule has 1 aromatic carbocycles. The molecule has 2 heterocycles. The van der Waals surface area contributed by atoms with Crippen LogP contribution >= 0.6 is 11.3 Å². The van der Waals surface area contributed by atoms with Gasteiger partial charge in [-0.1, -0.05) is 6.07 Å². The van der Waals surface area contributed by atoms with E-state index in [2.05, 4.69) is 4.90 Å². The number of rotatable bonds is 3. The molecule has 1 saturated heterocycles. The third kappa shape index (κ3) is 2.74. The zero-order valence-electron chi connectivity index (χ0n) is 12.8. The Hall–Kier alpha value is -1.50. The van der Waals surface area contributed by atoms with E-state index in [4.69, 9.17) is 4.74 Å². The first-order valence-corrected chi connectivity index (χ1v) is 8.10. The minimum absolute atomic E-state index is 0.0132. The van der Waals surface area contributed by atoms with Crippen molar-refractivity contribution < 1.29 is 13.9 Å². The van der Waals surface area contributed by atoms with Crippen LogP contribution in [0.25, 0.3) is 10.1 Å². The number of benzene rings is 1.